The molecule has 0 amide bonds. The Balaban J connectivity index is 3.75. The second-order valence-corrected chi connectivity index (χ2v) is 1.80. The van der Waals surface area contributed by atoms with E-state index < -0.39 is 24.9 Å². The van der Waals surface area contributed by atoms with Gasteiger partial charge < -0.3 is 9.84 Å². The molecule has 0 fully saturated rings. The van der Waals surface area contributed by atoms with Crippen LogP contribution in [0.3, 0.4) is 0 Å². The van der Waals surface area contributed by atoms with Crippen molar-refractivity contribution in [2.45, 2.75) is 25.8 Å². The van der Waals surface area contributed by atoms with Gasteiger partial charge in [0.05, 0.1) is 0 Å². The Morgan fingerprint density at radius 3 is 2.18 bits per heavy atom. The van der Waals surface area contributed by atoms with Gasteiger partial charge in [-0.05, 0) is 6.92 Å². The van der Waals surface area contributed by atoms with Gasteiger partial charge in [0.25, 0.3) is 12.8 Å². The van der Waals surface area contributed by atoms with Gasteiger partial charge in [0.1, 0.15) is 0 Å². The number of carbonyl (C=O) groups is 1. The monoisotopic (exact) mass is 172 g/mol. The molecule has 0 saturated heterocycles. The molecule has 2 atom stereocenters. The predicted molar refractivity (Wildman–Crippen MR) is 29.1 cm³/mol. The van der Waals surface area contributed by atoms with Gasteiger partial charge in [-0.2, -0.15) is 0 Å². The average Bonchev–Trinajstić information content (AvgIpc) is 1.87. The number of hydrogen-bond acceptors (Lipinski definition) is 2. The van der Waals surface area contributed by atoms with Crippen LogP contribution in [0, 0.1) is 0 Å². The summed E-state index contributed by atoms with van der Waals surface area (Å²) in [4.78, 5) is 9.92. The summed E-state index contributed by atoms with van der Waals surface area (Å²) in [7, 11) is 0. The number of halogens is 3. The molecule has 66 valence electrons. The lowest BCUT2D eigenvalue weighted by atomic mass is 10.4. The van der Waals surface area contributed by atoms with Crippen molar-refractivity contribution in [2.75, 3.05) is 0 Å². The normalized spacial score (nSPS) is 16.5. The van der Waals surface area contributed by atoms with Gasteiger partial charge in [0.15, 0.2) is 6.10 Å². The molecular weight excluding hydrogens is 165 g/mol. The van der Waals surface area contributed by atoms with E-state index in [1.54, 1.807) is 0 Å². The van der Waals surface area contributed by atoms with Crippen LogP contribution in [0.15, 0.2) is 0 Å². The Labute approximate surface area is 60.8 Å². The van der Waals surface area contributed by atoms with Crippen LogP contribution in [0.25, 0.3) is 0 Å². The van der Waals surface area contributed by atoms with Gasteiger partial charge in [-0.1, -0.05) is 0 Å². The molecule has 2 unspecified atom stereocenters. The lowest BCUT2D eigenvalue weighted by molar-refractivity contribution is -0.179. The maximum absolute atomic E-state index is 11.9. The smallest absolute Gasteiger partial charge is 0.332 e. The zero-order valence-corrected chi connectivity index (χ0v) is 5.63. The average molecular weight is 172 g/mol. The summed E-state index contributed by atoms with van der Waals surface area (Å²) in [5, 5.41) is 8.08. The molecule has 0 aromatic rings. The first-order valence-electron chi connectivity index (χ1n) is 2.75. The Hall–Kier alpha value is -0.780. The lowest BCUT2D eigenvalue weighted by Gasteiger charge is -2.11. The molecule has 0 heterocycles. The molecule has 3 nitrogen and oxygen atoms in total. The van der Waals surface area contributed by atoms with Gasteiger partial charge in [-0.15, -0.1) is 0 Å². The van der Waals surface area contributed by atoms with Crippen LogP contribution in [-0.2, 0) is 9.53 Å². The Morgan fingerprint density at radius 1 is 1.45 bits per heavy atom. The fourth-order valence-electron chi connectivity index (χ4n) is 0.313. The van der Waals surface area contributed by atoms with Crippen LogP contribution in [-0.4, -0.2) is 30.0 Å². The van der Waals surface area contributed by atoms with Crippen molar-refractivity contribution < 1.29 is 27.8 Å². The minimum absolute atomic E-state index is 0.970. The molecule has 1 N–H and O–H groups in total. The van der Waals surface area contributed by atoms with E-state index in [1.807, 2.05) is 0 Å². The van der Waals surface area contributed by atoms with E-state index in [-0.39, 0.29) is 0 Å². The van der Waals surface area contributed by atoms with E-state index in [0.29, 0.717) is 0 Å². The van der Waals surface area contributed by atoms with E-state index in [9.17, 15) is 18.0 Å². The minimum Gasteiger partial charge on any atom is -0.479 e. The molecule has 0 aliphatic carbocycles. The molecule has 0 aliphatic rings. The maximum atomic E-state index is 11.9. The highest BCUT2D eigenvalue weighted by Crippen LogP contribution is 2.09. The van der Waals surface area contributed by atoms with E-state index in [0.717, 1.165) is 6.92 Å². The number of hydrogen-bond donors (Lipinski definition) is 1. The van der Waals surface area contributed by atoms with Crippen LogP contribution in [0.4, 0.5) is 13.2 Å². The number of alkyl halides is 3. The second kappa shape index (κ2) is 4.17. The lowest BCUT2D eigenvalue weighted by Crippen LogP contribution is -2.28. The summed E-state index contributed by atoms with van der Waals surface area (Å²) >= 11 is 0. The Bertz CT molecular complexity index is 139. The highest BCUT2D eigenvalue weighted by Gasteiger charge is 2.25. The van der Waals surface area contributed by atoms with Crippen molar-refractivity contribution in [3.05, 3.63) is 0 Å². The molecule has 0 spiro atoms. The molecule has 0 rings (SSSR count). The van der Waals surface area contributed by atoms with E-state index in [2.05, 4.69) is 4.74 Å². The largest absolute Gasteiger partial charge is 0.479 e. The topological polar surface area (TPSA) is 46.5 Å². The fourth-order valence-corrected chi connectivity index (χ4v) is 0.313. The van der Waals surface area contributed by atoms with Gasteiger partial charge in [-0.25, -0.2) is 18.0 Å². The Kier molecular flexibility index (Phi) is 3.88. The standard InChI is InChI=1S/C5H7F3O3/c1-2(5(9)10)11-4(8)3(6)7/h2-4H,1H3,(H,9,10). The maximum Gasteiger partial charge on any atom is 0.332 e. The molecule has 0 bridgehead atoms. The number of rotatable bonds is 4. The number of aliphatic carboxylic acids is 1. The van der Waals surface area contributed by atoms with Crippen molar-refractivity contribution in [1.29, 1.82) is 0 Å². The first-order valence-corrected chi connectivity index (χ1v) is 2.75. The summed E-state index contributed by atoms with van der Waals surface area (Å²) in [5.74, 6) is -1.48. The van der Waals surface area contributed by atoms with Crippen molar-refractivity contribution in [1.82, 2.24) is 0 Å². The summed E-state index contributed by atoms with van der Waals surface area (Å²) in [5.41, 5.74) is 0. The fraction of sp³-hybridized carbons (Fsp3) is 0.800. The third-order valence-corrected chi connectivity index (χ3v) is 0.880. The molecule has 0 saturated carbocycles. The molecule has 0 aliphatic heterocycles. The van der Waals surface area contributed by atoms with Crippen molar-refractivity contribution in [3.8, 4) is 0 Å². The number of carboxylic acids is 1. The van der Waals surface area contributed by atoms with E-state index in [4.69, 9.17) is 5.11 Å². The molecule has 6 heteroatoms. The van der Waals surface area contributed by atoms with Crippen molar-refractivity contribution >= 4 is 5.97 Å². The summed E-state index contributed by atoms with van der Waals surface area (Å²) in [6.45, 7) is 0.970. The van der Waals surface area contributed by atoms with Crippen LogP contribution < -0.4 is 0 Å². The van der Waals surface area contributed by atoms with Crippen LogP contribution >= 0.6 is 0 Å². The van der Waals surface area contributed by atoms with Gasteiger partial charge >= 0.3 is 5.97 Å². The second-order valence-electron chi connectivity index (χ2n) is 1.80. The van der Waals surface area contributed by atoms with Crippen molar-refractivity contribution in [2.24, 2.45) is 0 Å². The van der Waals surface area contributed by atoms with E-state index >= 15 is 0 Å². The zero-order valence-electron chi connectivity index (χ0n) is 5.63. The predicted octanol–water partition coefficient (Wildman–Crippen LogP) is 1.04. The first-order chi connectivity index (χ1) is 4.95. The first kappa shape index (κ1) is 10.2. The highest BCUT2D eigenvalue weighted by atomic mass is 19.3. The van der Waals surface area contributed by atoms with E-state index in [1.165, 1.54) is 0 Å². The quantitative estimate of drug-likeness (QED) is 0.689. The molecule has 11 heavy (non-hydrogen) atoms. The molecule has 0 aromatic heterocycles. The highest BCUT2D eigenvalue weighted by molar-refractivity contribution is 5.71. The number of ether oxygens (including phenoxy) is 1. The Morgan fingerprint density at radius 2 is 1.91 bits per heavy atom. The van der Waals surface area contributed by atoms with Crippen LogP contribution in [0.2, 0.25) is 0 Å². The molecule has 0 aromatic carbocycles. The van der Waals surface area contributed by atoms with Crippen molar-refractivity contribution in [3.63, 3.8) is 0 Å². The SMILES string of the molecule is CC(OC(F)C(F)F)C(=O)O. The third-order valence-electron chi connectivity index (χ3n) is 0.880. The third kappa shape index (κ3) is 3.82. The summed E-state index contributed by atoms with van der Waals surface area (Å²) in [6.07, 6.45) is -7.70. The zero-order chi connectivity index (χ0) is 9.02. The van der Waals surface area contributed by atoms with Gasteiger partial charge in [0, 0.05) is 0 Å². The van der Waals surface area contributed by atoms with Gasteiger partial charge in [-0.3, -0.25) is 0 Å². The molecular formula is C5H7F3O3. The van der Waals surface area contributed by atoms with Crippen LogP contribution in [0.1, 0.15) is 6.92 Å². The summed E-state index contributed by atoms with van der Waals surface area (Å²) < 4.78 is 38.4. The minimum atomic E-state index is -3.31. The van der Waals surface area contributed by atoms with Crippen LogP contribution in [0.5, 0.6) is 0 Å². The van der Waals surface area contributed by atoms with Gasteiger partial charge in [0.2, 0.25) is 0 Å². The number of carboxylic acid groups (broad SMARTS) is 1. The summed E-state index contributed by atoms with van der Waals surface area (Å²) in [6, 6.07) is 0. The molecule has 0 radical (unpaired) electrons.